The first-order chi connectivity index (χ1) is 11.6. The van der Waals surface area contributed by atoms with Crippen LogP contribution in [0.2, 0.25) is 0 Å². The third-order valence-electron chi connectivity index (χ3n) is 4.67. The van der Waals surface area contributed by atoms with Gasteiger partial charge in [-0.2, -0.15) is 0 Å². The summed E-state index contributed by atoms with van der Waals surface area (Å²) in [4.78, 5) is 28.4. The maximum absolute atomic E-state index is 12.4. The largest absolute Gasteiger partial charge is 0.368 e. The van der Waals surface area contributed by atoms with E-state index in [-0.39, 0.29) is 17.9 Å². The van der Waals surface area contributed by atoms with E-state index in [0.717, 1.165) is 29.3 Å². The summed E-state index contributed by atoms with van der Waals surface area (Å²) in [7, 11) is 0. The Balaban J connectivity index is 1.44. The molecule has 1 atom stereocenters. The number of piperazine rings is 1. The lowest BCUT2D eigenvalue weighted by Gasteiger charge is -2.35. The van der Waals surface area contributed by atoms with Gasteiger partial charge >= 0.3 is 0 Å². The van der Waals surface area contributed by atoms with Gasteiger partial charge in [-0.15, -0.1) is 0 Å². The maximum Gasteiger partial charge on any atom is 0.251 e. The van der Waals surface area contributed by atoms with E-state index in [1.165, 1.54) is 0 Å². The van der Waals surface area contributed by atoms with E-state index in [9.17, 15) is 9.59 Å². The third kappa shape index (κ3) is 4.36. The summed E-state index contributed by atoms with van der Waals surface area (Å²) in [6, 6.07) is 8.05. The summed E-state index contributed by atoms with van der Waals surface area (Å²) in [6.45, 7) is 3.15. The van der Waals surface area contributed by atoms with Crippen molar-refractivity contribution in [2.75, 3.05) is 32.8 Å². The monoisotopic (exact) mass is 394 g/mol. The van der Waals surface area contributed by atoms with E-state index >= 15 is 0 Å². The number of benzene rings is 1. The molecule has 130 valence electrons. The first-order valence-corrected chi connectivity index (χ1v) is 9.35. The van der Waals surface area contributed by atoms with Gasteiger partial charge in [0.1, 0.15) is 6.10 Å². The fraction of sp³-hybridized carbons (Fsp3) is 0.556. The highest BCUT2D eigenvalue weighted by molar-refractivity contribution is 9.10. The summed E-state index contributed by atoms with van der Waals surface area (Å²) < 4.78 is 6.50. The fourth-order valence-corrected chi connectivity index (χ4v) is 3.70. The molecular formula is C18H23BrN2O3. The Labute approximate surface area is 151 Å². The molecule has 2 heterocycles. The van der Waals surface area contributed by atoms with Crippen LogP contribution in [-0.2, 0) is 20.7 Å². The summed E-state index contributed by atoms with van der Waals surface area (Å²) in [5, 5.41) is 0. The molecular weight excluding hydrogens is 372 g/mol. The van der Waals surface area contributed by atoms with Crippen LogP contribution in [0.25, 0.3) is 0 Å². The topological polar surface area (TPSA) is 49.9 Å². The van der Waals surface area contributed by atoms with Crippen LogP contribution in [-0.4, -0.2) is 60.5 Å². The number of carbonyl (C=O) groups is 2. The van der Waals surface area contributed by atoms with Crippen molar-refractivity contribution in [2.45, 2.75) is 31.8 Å². The number of nitrogens with zero attached hydrogens (tertiary/aromatic N) is 2. The van der Waals surface area contributed by atoms with Crippen molar-refractivity contribution in [3.63, 3.8) is 0 Å². The van der Waals surface area contributed by atoms with Crippen LogP contribution >= 0.6 is 15.9 Å². The molecule has 2 aliphatic rings. The quantitative estimate of drug-likeness (QED) is 0.786. The molecule has 2 amide bonds. The second-order valence-electron chi connectivity index (χ2n) is 6.34. The molecule has 0 bridgehead atoms. The molecule has 24 heavy (non-hydrogen) atoms. The Hall–Kier alpha value is -1.40. The van der Waals surface area contributed by atoms with Crippen LogP contribution < -0.4 is 0 Å². The number of amides is 2. The zero-order valence-corrected chi connectivity index (χ0v) is 15.3. The highest BCUT2D eigenvalue weighted by Gasteiger charge is 2.31. The Morgan fingerprint density at radius 1 is 1.17 bits per heavy atom. The lowest BCUT2D eigenvalue weighted by molar-refractivity contribution is -0.146. The van der Waals surface area contributed by atoms with Gasteiger partial charge in [-0.05, 0) is 37.0 Å². The van der Waals surface area contributed by atoms with Crippen LogP contribution in [0.15, 0.2) is 28.7 Å². The van der Waals surface area contributed by atoms with Crippen LogP contribution in [0, 0.1) is 0 Å². The second-order valence-corrected chi connectivity index (χ2v) is 7.25. The number of halogens is 1. The van der Waals surface area contributed by atoms with Crippen LogP contribution in [0.1, 0.15) is 24.8 Å². The van der Waals surface area contributed by atoms with Gasteiger partial charge in [0.05, 0.1) is 0 Å². The normalized spacial score (nSPS) is 21.1. The average molecular weight is 395 g/mol. The number of aryl methyl sites for hydroxylation is 1. The molecule has 2 aliphatic heterocycles. The predicted molar refractivity (Wildman–Crippen MR) is 94.6 cm³/mol. The van der Waals surface area contributed by atoms with Gasteiger partial charge in [0.25, 0.3) is 5.91 Å². The van der Waals surface area contributed by atoms with E-state index in [1.54, 1.807) is 0 Å². The second kappa shape index (κ2) is 8.12. The summed E-state index contributed by atoms with van der Waals surface area (Å²) in [5.41, 5.74) is 1.16. The first-order valence-electron chi connectivity index (χ1n) is 8.56. The van der Waals surface area contributed by atoms with E-state index in [4.69, 9.17) is 4.74 Å². The van der Waals surface area contributed by atoms with Gasteiger partial charge in [-0.1, -0.05) is 28.1 Å². The SMILES string of the molecule is O=C(CCc1cccc(Br)c1)N1CCN(C(=O)C2CCCO2)CC1. The number of hydrogen-bond acceptors (Lipinski definition) is 3. The fourth-order valence-electron chi connectivity index (χ4n) is 3.25. The van der Waals surface area contributed by atoms with Crippen molar-refractivity contribution < 1.29 is 14.3 Å². The third-order valence-corrected chi connectivity index (χ3v) is 5.16. The van der Waals surface area contributed by atoms with Crippen molar-refractivity contribution in [1.29, 1.82) is 0 Å². The van der Waals surface area contributed by atoms with E-state index in [0.29, 0.717) is 39.2 Å². The molecule has 0 aliphatic carbocycles. The van der Waals surface area contributed by atoms with E-state index in [1.807, 2.05) is 34.1 Å². The first kappa shape index (κ1) is 17.4. The molecule has 5 nitrogen and oxygen atoms in total. The van der Waals surface area contributed by atoms with Gasteiger partial charge in [-0.25, -0.2) is 0 Å². The molecule has 0 aromatic heterocycles. The molecule has 0 spiro atoms. The van der Waals surface area contributed by atoms with Gasteiger partial charge in [0, 0.05) is 43.7 Å². The number of hydrogen-bond donors (Lipinski definition) is 0. The highest BCUT2D eigenvalue weighted by atomic mass is 79.9. The standard InChI is InChI=1S/C18H23BrN2O3/c19-15-4-1-3-14(13-15)6-7-17(22)20-8-10-21(11-9-20)18(23)16-5-2-12-24-16/h1,3-4,13,16H,2,5-12H2. The molecule has 0 radical (unpaired) electrons. The maximum atomic E-state index is 12.4. The van der Waals surface area contributed by atoms with Crippen LogP contribution in [0.5, 0.6) is 0 Å². The van der Waals surface area contributed by atoms with Gasteiger partial charge in [-0.3, -0.25) is 9.59 Å². The number of ether oxygens (including phenoxy) is 1. The van der Waals surface area contributed by atoms with E-state index in [2.05, 4.69) is 15.9 Å². The Bertz CT molecular complexity index is 594. The molecule has 3 rings (SSSR count). The molecule has 6 heteroatoms. The van der Waals surface area contributed by atoms with Crippen molar-refractivity contribution in [3.05, 3.63) is 34.3 Å². The minimum Gasteiger partial charge on any atom is -0.368 e. The lowest BCUT2D eigenvalue weighted by atomic mass is 10.1. The Kier molecular flexibility index (Phi) is 5.89. The highest BCUT2D eigenvalue weighted by Crippen LogP contribution is 2.17. The smallest absolute Gasteiger partial charge is 0.251 e. The Morgan fingerprint density at radius 3 is 2.58 bits per heavy atom. The zero-order chi connectivity index (χ0) is 16.9. The molecule has 1 aromatic rings. The van der Waals surface area contributed by atoms with Gasteiger partial charge < -0.3 is 14.5 Å². The van der Waals surface area contributed by atoms with Crippen molar-refractivity contribution in [1.82, 2.24) is 9.80 Å². The van der Waals surface area contributed by atoms with Crippen molar-refractivity contribution in [2.24, 2.45) is 0 Å². The number of rotatable bonds is 4. The van der Waals surface area contributed by atoms with Crippen LogP contribution in [0.4, 0.5) is 0 Å². The summed E-state index contributed by atoms with van der Waals surface area (Å²) in [5.74, 6) is 0.257. The van der Waals surface area contributed by atoms with Crippen LogP contribution in [0.3, 0.4) is 0 Å². The van der Waals surface area contributed by atoms with Gasteiger partial charge in [0.2, 0.25) is 5.91 Å². The minimum atomic E-state index is -0.260. The molecule has 0 saturated carbocycles. The molecule has 0 N–H and O–H groups in total. The molecule has 2 saturated heterocycles. The molecule has 1 unspecified atom stereocenters. The summed E-state index contributed by atoms with van der Waals surface area (Å²) in [6.07, 6.45) is 2.78. The number of carbonyl (C=O) groups excluding carboxylic acids is 2. The van der Waals surface area contributed by atoms with E-state index < -0.39 is 0 Å². The minimum absolute atomic E-state index is 0.0914. The molecule has 1 aromatic carbocycles. The summed E-state index contributed by atoms with van der Waals surface area (Å²) >= 11 is 3.45. The lowest BCUT2D eigenvalue weighted by Crippen LogP contribution is -2.52. The van der Waals surface area contributed by atoms with Crippen molar-refractivity contribution >= 4 is 27.7 Å². The van der Waals surface area contributed by atoms with Crippen molar-refractivity contribution in [3.8, 4) is 0 Å². The molecule has 2 fully saturated rings. The predicted octanol–water partition coefficient (Wildman–Crippen LogP) is 2.23. The average Bonchev–Trinajstić information content (AvgIpc) is 3.14. The van der Waals surface area contributed by atoms with Gasteiger partial charge in [0.15, 0.2) is 0 Å². The Morgan fingerprint density at radius 2 is 1.92 bits per heavy atom. The zero-order valence-electron chi connectivity index (χ0n) is 13.7.